The Labute approximate surface area is 149 Å². The minimum absolute atomic E-state index is 0.155. The Morgan fingerprint density at radius 2 is 1.68 bits per heavy atom. The highest BCUT2D eigenvalue weighted by atomic mass is 35.5. The van der Waals surface area contributed by atoms with E-state index >= 15 is 0 Å². The number of benzene rings is 2. The van der Waals surface area contributed by atoms with Crippen LogP contribution in [0, 0.1) is 0 Å². The number of aromatic amines is 1. The summed E-state index contributed by atoms with van der Waals surface area (Å²) in [7, 11) is 0. The van der Waals surface area contributed by atoms with Crippen LogP contribution in [-0.4, -0.2) is 14.6 Å². The molecule has 0 aliphatic carbocycles. The van der Waals surface area contributed by atoms with Crippen molar-refractivity contribution in [2.24, 2.45) is 0 Å². The van der Waals surface area contributed by atoms with Crippen LogP contribution in [0.1, 0.15) is 17.0 Å². The molecule has 1 N–H and O–H groups in total. The first-order valence-electron chi connectivity index (χ1n) is 8.05. The Hall–Kier alpha value is -2.85. The van der Waals surface area contributed by atoms with Crippen molar-refractivity contribution in [1.82, 2.24) is 14.6 Å². The number of H-pyrrole nitrogens is 1. The molecule has 0 aliphatic rings. The highest BCUT2D eigenvalue weighted by Crippen LogP contribution is 2.28. The third-order valence-electron chi connectivity index (χ3n) is 4.17. The largest absolute Gasteiger partial charge is 0.293 e. The zero-order valence-electron chi connectivity index (χ0n) is 13.4. The van der Waals surface area contributed by atoms with Crippen molar-refractivity contribution in [2.75, 3.05) is 0 Å². The van der Waals surface area contributed by atoms with Gasteiger partial charge in [0.25, 0.3) is 5.56 Å². The first-order chi connectivity index (χ1) is 12.3. The summed E-state index contributed by atoms with van der Waals surface area (Å²) >= 11 is 5.91. The van der Waals surface area contributed by atoms with E-state index in [0.29, 0.717) is 17.8 Å². The molecular weight excluding hydrogens is 334 g/mol. The molecule has 5 heteroatoms. The summed E-state index contributed by atoms with van der Waals surface area (Å²) in [6.45, 7) is 0. The molecule has 4 rings (SSSR count). The third-order valence-corrected chi connectivity index (χ3v) is 4.44. The Balaban J connectivity index is 1.98. The summed E-state index contributed by atoms with van der Waals surface area (Å²) in [5.74, 6) is 0.208. The van der Waals surface area contributed by atoms with Crippen LogP contribution < -0.4 is 5.56 Å². The number of alkyl halides is 1. The van der Waals surface area contributed by atoms with Gasteiger partial charge < -0.3 is 0 Å². The lowest BCUT2D eigenvalue weighted by Crippen LogP contribution is -2.15. The van der Waals surface area contributed by atoms with Crippen molar-refractivity contribution in [3.63, 3.8) is 0 Å². The predicted molar refractivity (Wildman–Crippen MR) is 100 cm³/mol. The fourth-order valence-corrected chi connectivity index (χ4v) is 3.17. The highest BCUT2D eigenvalue weighted by molar-refractivity contribution is 6.16. The predicted octanol–water partition coefficient (Wildman–Crippen LogP) is 4.02. The van der Waals surface area contributed by atoms with Crippen LogP contribution in [0.25, 0.3) is 16.8 Å². The van der Waals surface area contributed by atoms with Crippen LogP contribution in [0.2, 0.25) is 0 Å². The minimum atomic E-state index is -0.155. The lowest BCUT2D eigenvalue weighted by Gasteiger charge is -2.04. The molecule has 4 nitrogen and oxygen atoms in total. The topological polar surface area (TPSA) is 50.2 Å². The number of hydrogen-bond acceptors (Lipinski definition) is 2. The van der Waals surface area contributed by atoms with Crippen molar-refractivity contribution in [3.05, 3.63) is 94.0 Å². The maximum absolute atomic E-state index is 12.4. The molecule has 0 atom stereocenters. The first kappa shape index (κ1) is 15.7. The molecule has 25 heavy (non-hydrogen) atoms. The van der Waals surface area contributed by atoms with Gasteiger partial charge in [-0.1, -0.05) is 60.7 Å². The number of nitrogens with zero attached hydrogens (tertiary/aromatic N) is 2. The summed E-state index contributed by atoms with van der Waals surface area (Å²) < 4.78 is 1.50. The second-order valence-corrected chi connectivity index (χ2v) is 6.14. The molecule has 2 aromatic carbocycles. The molecule has 0 spiro atoms. The van der Waals surface area contributed by atoms with E-state index in [1.165, 1.54) is 10.6 Å². The monoisotopic (exact) mass is 349 g/mol. The van der Waals surface area contributed by atoms with E-state index in [1.807, 2.05) is 48.5 Å². The third kappa shape index (κ3) is 2.96. The quantitative estimate of drug-likeness (QED) is 0.566. The SMILES string of the molecule is O=c1cc(CCl)nc2c(-c3ccccc3)c(Cc3ccccc3)[nH]n12. The number of nitrogens with one attached hydrogen (secondary N) is 1. The van der Waals surface area contributed by atoms with Gasteiger partial charge in [0.05, 0.1) is 11.6 Å². The lowest BCUT2D eigenvalue weighted by atomic mass is 10.0. The Kier molecular flexibility index (Phi) is 4.12. The molecular formula is C20H16ClN3O. The summed E-state index contributed by atoms with van der Waals surface area (Å²) in [4.78, 5) is 17.0. The van der Waals surface area contributed by atoms with Gasteiger partial charge in [-0.25, -0.2) is 9.50 Å². The maximum atomic E-state index is 12.4. The van der Waals surface area contributed by atoms with E-state index in [0.717, 1.165) is 22.4 Å². The molecule has 0 saturated carbocycles. The van der Waals surface area contributed by atoms with E-state index in [4.69, 9.17) is 11.6 Å². The van der Waals surface area contributed by atoms with Crippen LogP contribution in [0.4, 0.5) is 0 Å². The Morgan fingerprint density at radius 3 is 2.36 bits per heavy atom. The molecule has 0 amide bonds. The van der Waals surface area contributed by atoms with E-state index in [9.17, 15) is 4.79 Å². The molecule has 124 valence electrons. The molecule has 2 aromatic heterocycles. The van der Waals surface area contributed by atoms with Crippen LogP contribution in [0.15, 0.2) is 71.5 Å². The van der Waals surface area contributed by atoms with E-state index in [2.05, 4.69) is 22.2 Å². The molecule has 0 radical (unpaired) electrons. The molecule has 0 saturated heterocycles. The van der Waals surface area contributed by atoms with Crippen LogP contribution in [0.3, 0.4) is 0 Å². The minimum Gasteiger partial charge on any atom is -0.293 e. The normalized spacial score (nSPS) is 11.1. The van der Waals surface area contributed by atoms with Crippen molar-refractivity contribution in [2.45, 2.75) is 12.3 Å². The summed E-state index contributed by atoms with van der Waals surface area (Å²) in [6.07, 6.45) is 0.685. The fraction of sp³-hybridized carbons (Fsp3) is 0.100. The van der Waals surface area contributed by atoms with Crippen LogP contribution in [-0.2, 0) is 12.3 Å². The van der Waals surface area contributed by atoms with Gasteiger partial charge in [-0.3, -0.25) is 9.89 Å². The average molecular weight is 350 g/mol. The van der Waals surface area contributed by atoms with Crippen molar-refractivity contribution < 1.29 is 0 Å². The summed E-state index contributed by atoms with van der Waals surface area (Å²) in [5, 5.41) is 3.23. The van der Waals surface area contributed by atoms with Gasteiger partial charge in [0.2, 0.25) is 0 Å². The Bertz CT molecular complexity index is 1070. The average Bonchev–Trinajstić information content (AvgIpc) is 3.01. The molecule has 4 aromatic rings. The van der Waals surface area contributed by atoms with E-state index < -0.39 is 0 Å². The van der Waals surface area contributed by atoms with Crippen molar-refractivity contribution >= 4 is 17.2 Å². The molecule has 2 heterocycles. The molecule has 0 unspecified atom stereocenters. The Morgan fingerprint density at radius 1 is 1.00 bits per heavy atom. The van der Waals surface area contributed by atoms with Gasteiger partial charge in [-0.15, -0.1) is 11.6 Å². The highest BCUT2D eigenvalue weighted by Gasteiger charge is 2.17. The standard InChI is InChI=1S/C20H16ClN3O/c21-13-16-12-18(25)24-20(22-16)19(15-9-5-2-6-10-15)17(23-24)11-14-7-3-1-4-8-14/h1-10,12,23H,11,13H2. The summed E-state index contributed by atoms with van der Waals surface area (Å²) in [5.41, 5.74) is 5.11. The number of fused-ring (bicyclic) bond motifs is 1. The molecule has 0 aliphatic heterocycles. The van der Waals surface area contributed by atoms with Gasteiger partial charge >= 0.3 is 0 Å². The number of rotatable bonds is 4. The van der Waals surface area contributed by atoms with Gasteiger partial charge in [-0.05, 0) is 11.1 Å². The zero-order chi connectivity index (χ0) is 17.2. The second-order valence-electron chi connectivity index (χ2n) is 5.87. The zero-order valence-corrected chi connectivity index (χ0v) is 14.2. The van der Waals surface area contributed by atoms with E-state index in [1.54, 1.807) is 0 Å². The first-order valence-corrected chi connectivity index (χ1v) is 8.58. The number of hydrogen-bond donors (Lipinski definition) is 1. The fourth-order valence-electron chi connectivity index (χ4n) is 3.04. The molecule has 0 fully saturated rings. The van der Waals surface area contributed by atoms with Gasteiger partial charge in [0.1, 0.15) is 0 Å². The van der Waals surface area contributed by atoms with Crippen LogP contribution in [0.5, 0.6) is 0 Å². The van der Waals surface area contributed by atoms with Gasteiger partial charge in [0, 0.05) is 23.7 Å². The smallest absolute Gasteiger partial charge is 0.272 e. The lowest BCUT2D eigenvalue weighted by molar-refractivity contribution is 0.857. The number of aromatic nitrogens is 3. The molecule has 0 bridgehead atoms. The second kappa shape index (κ2) is 6.57. The maximum Gasteiger partial charge on any atom is 0.272 e. The van der Waals surface area contributed by atoms with Crippen molar-refractivity contribution in [1.29, 1.82) is 0 Å². The van der Waals surface area contributed by atoms with Gasteiger partial charge in [0.15, 0.2) is 5.65 Å². The van der Waals surface area contributed by atoms with Crippen molar-refractivity contribution in [3.8, 4) is 11.1 Å². The van der Waals surface area contributed by atoms with Gasteiger partial charge in [-0.2, -0.15) is 0 Å². The van der Waals surface area contributed by atoms with Crippen LogP contribution >= 0.6 is 11.6 Å². The van der Waals surface area contributed by atoms with E-state index in [-0.39, 0.29) is 11.4 Å². The summed E-state index contributed by atoms with van der Waals surface area (Å²) in [6, 6.07) is 21.6. The number of halogens is 1.